The molecule has 0 heterocycles. The third-order valence-corrected chi connectivity index (χ3v) is 7.02. The fourth-order valence-electron chi connectivity index (χ4n) is 6.02. The van der Waals surface area contributed by atoms with E-state index in [1.165, 1.54) is 19.4 Å². The molecule has 102 valence electrons. The number of nitrogens with one attached hydrogen (secondary N) is 1. The van der Waals surface area contributed by atoms with Crippen molar-refractivity contribution in [2.24, 2.45) is 35.5 Å². The van der Waals surface area contributed by atoms with Crippen molar-refractivity contribution in [1.29, 1.82) is 0 Å². The van der Waals surface area contributed by atoms with E-state index in [0.717, 1.165) is 41.5 Å². The Balaban J connectivity index is 1.27. The van der Waals surface area contributed by atoms with Crippen LogP contribution in [-0.2, 0) is 0 Å². The van der Waals surface area contributed by atoms with Crippen molar-refractivity contribution in [1.82, 2.24) is 5.32 Å². The SMILES string of the molecule is CC(NCC1CC2CCC1C2)C1CC2CCC1C2. The van der Waals surface area contributed by atoms with E-state index in [1.807, 2.05) is 0 Å². The summed E-state index contributed by atoms with van der Waals surface area (Å²) in [5, 5.41) is 3.94. The van der Waals surface area contributed by atoms with Crippen molar-refractivity contribution in [3.63, 3.8) is 0 Å². The summed E-state index contributed by atoms with van der Waals surface area (Å²) in [6, 6.07) is 0.791. The topological polar surface area (TPSA) is 12.0 Å². The standard InChI is InChI=1S/C17H29N/c1-11(17-9-13-3-5-15(17)7-13)18-10-16-8-12-2-4-14(16)6-12/h11-18H,2-10H2,1H3. The smallest absolute Gasteiger partial charge is 0.00698 e. The lowest BCUT2D eigenvalue weighted by atomic mass is 9.83. The number of hydrogen-bond donors (Lipinski definition) is 1. The molecule has 18 heavy (non-hydrogen) atoms. The van der Waals surface area contributed by atoms with E-state index in [4.69, 9.17) is 0 Å². The van der Waals surface area contributed by atoms with Crippen molar-refractivity contribution in [2.75, 3.05) is 6.54 Å². The van der Waals surface area contributed by atoms with Crippen LogP contribution in [0.15, 0.2) is 0 Å². The molecule has 0 radical (unpaired) electrons. The Kier molecular flexibility index (Phi) is 2.94. The predicted molar refractivity (Wildman–Crippen MR) is 75.3 cm³/mol. The molecular weight excluding hydrogens is 218 g/mol. The third-order valence-electron chi connectivity index (χ3n) is 7.02. The average Bonchev–Trinajstić information content (AvgIpc) is 3.13. The molecule has 0 aromatic heterocycles. The number of fused-ring (bicyclic) bond motifs is 4. The molecule has 4 bridgehead atoms. The Bertz CT molecular complexity index is 313. The Morgan fingerprint density at radius 1 is 0.889 bits per heavy atom. The van der Waals surface area contributed by atoms with Gasteiger partial charge >= 0.3 is 0 Å². The highest BCUT2D eigenvalue weighted by Gasteiger charge is 2.43. The average molecular weight is 247 g/mol. The molecule has 1 nitrogen and oxygen atoms in total. The normalized spacial score (nSPS) is 51.2. The molecule has 1 heteroatoms. The lowest BCUT2D eigenvalue weighted by Crippen LogP contribution is -2.39. The summed E-state index contributed by atoms with van der Waals surface area (Å²) in [6.07, 6.45) is 12.4. The molecule has 0 saturated heterocycles. The molecule has 4 saturated carbocycles. The van der Waals surface area contributed by atoms with Crippen molar-refractivity contribution >= 4 is 0 Å². The first-order valence-electron chi connectivity index (χ1n) is 8.53. The zero-order valence-electron chi connectivity index (χ0n) is 11.9. The number of hydrogen-bond acceptors (Lipinski definition) is 1. The van der Waals surface area contributed by atoms with Crippen molar-refractivity contribution in [3.05, 3.63) is 0 Å². The van der Waals surface area contributed by atoms with Crippen LogP contribution < -0.4 is 5.32 Å². The quantitative estimate of drug-likeness (QED) is 0.796. The van der Waals surface area contributed by atoms with Crippen LogP contribution in [0.4, 0.5) is 0 Å². The van der Waals surface area contributed by atoms with Crippen LogP contribution in [0.25, 0.3) is 0 Å². The monoisotopic (exact) mass is 247 g/mol. The van der Waals surface area contributed by atoms with Crippen molar-refractivity contribution < 1.29 is 0 Å². The van der Waals surface area contributed by atoms with Gasteiger partial charge in [0.05, 0.1) is 0 Å². The summed E-state index contributed by atoms with van der Waals surface area (Å²) in [4.78, 5) is 0. The molecule has 0 amide bonds. The Morgan fingerprint density at radius 3 is 2.17 bits per heavy atom. The highest BCUT2D eigenvalue weighted by atomic mass is 14.9. The van der Waals surface area contributed by atoms with E-state index >= 15 is 0 Å². The van der Waals surface area contributed by atoms with Gasteiger partial charge in [-0.3, -0.25) is 0 Å². The van der Waals surface area contributed by atoms with Crippen LogP contribution in [0, 0.1) is 35.5 Å². The van der Waals surface area contributed by atoms with Gasteiger partial charge in [-0.2, -0.15) is 0 Å². The van der Waals surface area contributed by atoms with E-state index in [2.05, 4.69) is 12.2 Å². The first-order valence-corrected chi connectivity index (χ1v) is 8.53. The van der Waals surface area contributed by atoms with Gasteiger partial charge in [-0.15, -0.1) is 0 Å². The predicted octanol–water partition coefficient (Wildman–Crippen LogP) is 3.84. The minimum absolute atomic E-state index is 0.791. The lowest BCUT2D eigenvalue weighted by Gasteiger charge is -2.31. The molecule has 7 atom stereocenters. The van der Waals surface area contributed by atoms with E-state index in [-0.39, 0.29) is 0 Å². The molecule has 0 aliphatic heterocycles. The van der Waals surface area contributed by atoms with Gasteiger partial charge in [0, 0.05) is 6.04 Å². The maximum absolute atomic E-state index is 3.94. The Labute approximate surface area is 112 Å². The second-order valence-electron chi connectivity index (χ2n) is 7.97. The maximum atomic E-state index is 3.94. The Hall–Kier alpha value is -0.0400. The van der Waals surface area contributed by atoms with Gasteiger partial charge in [0.25, 0.3) is 0 Å². The lowest BCUT2D eigenvalue weighted by molar-refractivity contribution is 0.235. The summed E-state index contributed by atoms with van der Waals surface area (Å²) in [5.74, 6) is 6.44. The number of rotatable bonds is 4. The van der Waals surface area contributed by atoms with E-state index in [1.54, 1.807) is 38.5 Å². The summed E-state index contributed by atoms with van der Waals surface area (Å²) in [5.41, 5.74) is 0. The van der Waals surface area contributed by atoms with Gasteiger partial charge in [0.15, 0.2) is 0 Å². The van der Waals surface area contributed by atoms with Gasteiger partial charge in [-0.05, 0) is 87.5 Å². The molecule has 0 aromatic rings. The molecular formula is C17H29N. The second kappa shape index (κ2) is 4.51. The molecule has 4 aliphatic rings. The zero-order chi connectivity index (χ0) is 12.1. The maximum Gasteiger partial charge on any atom is 0.00698 e. The Morgan fingerprint density at radius 2 is 1.61 bits per heavy atom. The summed E-state index contributed by atoms with van der Waals surface area (Å²) in [7, 11) is 0. The fraction of sp³-hybridized carbons (Fsp3) is 1.00. The second-order valence-corrected chi connectivity index (χ2v) is 7.97. The van der Waals surface area contributed by atoms with Gasteiger partial charge in [0.2, 0.25) is 0 Å². The largest absolute Gasteiger partial charge is 0.314 e. The van der Waals surface area contributed by atoms with E-state index in [9.17, 15) is 0 Å². The molecule has 4 aliphatic carbocycles. The van der Waals surface area contributed by atoms with Crippen LogP contribution in [-0.4, -0.2) is 12.6 Å². The molecule has 4 fully saturated rings. The highest BCUT2D eigenvalue weighted by Crippen LogP contribution is 2.50. The molecule has 1 N–H and O–H groups in total. The van der Waals surface area contributed by atoms with Gasteiger partial charge in [-0.25, -0.2) is 0 Å². The van der Waals surface area contributed by atoms with Crippen LogP contribution in [0.5, 0.6) is 0 Å². The van der Waals surface area contributed by atoms with Crippen molar-refractivity contribution in [2.45, 2.75) is 64.3 Å². The van der Waals surface area contributed by atoms with Crippen LogP contribution in [0.1, 0.15) is 58.3 Å². The minimum Gasteiger partial charge on any atom is -0.314 e. The zero-order valence-corrected chi connectivity index (χ0v) is 11.9. The molecule has 7 unspecified atom stereocenters. The van der Waals surface area contributed by atoms with Gasteiger partial charge in [0.1, 0.15) is 0 Å². The highest BCUT2D eigenvalue weighted by molar-refractivity contribution is 4.95. The van der Waals surface area contributed by atoms with E-state index in [0.29, 0.717) is 0 Å². The molecule has 0 aromatic carbocycles. The fourth-order valence-corrected chi connectivity index (χ4v) is 6.02. The molecule has 4 rings (SSSR count). The third kappa shape index (κ3) is 1.94. The van der Waals surface area contributed by atoms with Crippen LogP contribution in [0.2, 0.25) is 0 Å². The van der Waals surface area contributed by atoms with Gasteiger partial charge < -0.3 is 5.32 Å². The summed E-state index contributed by atoms with van der Waals surface area (Å²) >= 11 is 0. The van der Waals surface area contributed by atoms with Crippen LogP contribution >= 0.6 is 0 Å². The minimum atomic E-state index is 0.791. The first kappa shape index (κ1) is 11.8. The van der Waals surface area contributed by atoms with Crippen molar-refractivity contribution in [3.8, 4) is 0 Å². The van der Waals surface area contributed by atoms with Gasteiger partial charge in [-0.1, -0.05) is 12.8 Å². The summed E-state index contributed by atoms with van der Waals surface area (Å²) < 4.78 is 0. The summed E-state index contributed by atoms with van der Waals surface area (Å²) in [6.45, 7) is 3.80. The molecule has 0 spiro atoms. The first-order chi connectivity index (χ1) is 8.79. The van der Waals surface area contributed by atoms with Crippen LogP contribution in [0.3, 0.4) is 0 Å². The van der Waals surface area contributed by atoms with E-state index < -0.39 is 0 Å².